The van der Waals surface area contributed by atoms with Crippen LogP contribution in [0.15, 0.2) is 36.4 Å². The fraction of sp³-hybridized carbons (Fsp3) is 0.217. The first-order valence-corrected chi connectivity index (χ1v) is 10.6. The van der Waals surface area contributed by atoms with Crippen molar-refractivity contribution in [2.45, 2.75) is 32.4 Å². The van der Waals surface area contributed by atoms with Crippen molar-refractivity contribution in [3.8, 4) is 0 Å². The van der Waals surface area contributed by atoms with Crippen LogP contribution in [0.5, 0.6) is 0 Å². The van der Waals surface area contributed by atoms with Crippen LogP contribution >= 0.6 is 11.6 Å². The number of fused-ring (bicyclic) bond motifs is 2. The second-order valence-corrected chi connectivity index (χ2v) is 8.48. The van der Waals surface area contributed by atoms with E-state index in [0.29, 0.717) is 28.4 Å². The highest BCUT2D eigenvalue weighted by Crippen LogP contribution is 2.30. The van der Waals surface area contributed by atoms with Crippen molar-refractivity contribution in [3.05, 3.63) is 63.8 Å². The summed E-state index contributed by atoms with van der Waals surface area (Å²) in [6.45, 7) is 2.09. The van der Waals surface area contributed by atoms with E-state index in [1.807, 2.05) is 19.1 Å². The predicted molar refractivity (Wildman–Crippen MR) is 118 cm³/mol. The summed E-state index contributed by atoms with van der Waals surface area (Å²) < 4.78 is 0. The van der Waals surface area contributed by atoms with E-state index in [0.717, 1.165) is 22.0 Å². The van der Waals surface area contributed by atoms with Crippen molar-refractivity contribution < 1.29 is 19.2 Å². The molecule has 3 aromatic rings. The molecule has 3 N–H and O–H groups in total. The summed E-state index contributed by atoms with van der Waals surface area (Å²) in [5.74, 6) is -1.34. The molecule has 1 aromatic heterocycles. The van der Waals surface area contributed by atoms with Crippen molar-refractivity contribution in [3.63, 3.8) is 0 Å². The molecule has 3 heterocycles. The Bertz CT molecular complexity index is 1330. The van der Waals surface area contributed by atoms with Crippen LogP contribution in [0.25, 0.3) is 10.9 Å². The van der Waals surface area contributed by atoms with Gasteiger partial charge in [-0.25, -0.2) is 0 Å². The molecule has 162 valence electrons. The van der Waals surface area contributed by atoms with Gasteiger partial charge < -0.3 is 15.2 Å². The zero-order chi connectivity index (χ0) is 22.6. The molecular formula is C23H19ClN4O4. The maximum Gasteiger partial charge on any atom is 0.272 e. The standard InChI is InChI=1S/C23H19ClN4O4/c1-11-16-9-13(24)2-5-17(16)26-20(11)22(31)25-14-3-4-15-12(8-14)10-28(23(15)32)18-6-7-19(29)27-21(18)30/h2-5,8-9,18,26H,6-7,10H2,1H3,(H,25,31)(H,27,29,30). The summed E-state index contributed by atoms with van der Waals surface area (Å²) in [5.41, 5.74) is 3.80. The number of imide groups is 1. The second kappa shape index (κ2) is 7.49. The Kier molecular flexibility index (Phi) is 4.74. The van der Waals surface area contributed by atoms with Gasteiger partial charge in [0.15, 0.2) is 0 Å². The summed E-state index contributed by atoms with van der Waals surface area (Å²) in [6, 6.07) is 9.77. The maximum absolute atomic E-state index is 12.9. The first-order chi connectivity index (χ1) is 15.3. The normalized spacial score (nSPS) is 18.1. The minimum absolute atomic E-state index is 0.201. The van der Waals surface area contributed by atoms with Gasteiger partial charge in [-0.1, -0.05) is 11.6 Å². The van der Waals surface area contributed by atoms with Crippen LogP contribution in [0.2, 0.25) is 5.02 Å². The number of amides is 4. The Morgan fingerprint density at radius 1 is 1.16 bits per heavy atom. The number of aromatic nitrogens is 1. The molecule has 2 aliphatic heterocycles. The first kappa shape index (κ1) is 20.3. The molecule has 1 unspecified atom stereocenters. The molecule has 0 bridgehead atoms. The summed E-state index contributed by atoms with van der Waals surface area (Å²) in [6.07, 6.45) is 0.505. The monoisotopic (exact) mass is 450 g/mol. The number of benzene rings is 2. The van der Waals surface area contributed by atoms with E-state index < -0.39 is 11.9 Å². The lowest BCUT2D eigenvalue weighted by Crippen LogP contribution is -2.52. The van der Waals surface area contributed by atoms with Crippen molar-refractivity contribution >= 4 is 51.8 Å². The molecule has 1 saturated heterocycles. The van der Waals surface area contributed by atoms with Crippen molar-refractivity contribution in [1.82, 2.24) is 15.2 Å². The first-order valence-electron chi connectivity index (χ1n) is 10.2. The quantitative estimate of drug-likeness (QED) is 0.532. The van der Waals surface area contributed by atoms with Gasteiger partial charge in [0.2, 0.25) is 11.8 Å². The zero-order valence-corrected chi connectivity index (χ0v) is 17.9. The van der Waals surface area contributed by atoms with Gasteiger partial charge in [0.1, 0.15) is 11.7 Å². The number of hydrogen-bond acceptors (Lipinski definition) is 4. The topological polar surface area (TPSA) is 111 Å². The number of piperidine rings is 1. The summed E-state index contributed by atoms with van der Waals surface area (Å²) in [5, 5.41) is 6.63. The molecular weight excluding hydrogens is 432 g/mol. The van der Waals surface area contributed by atoms with E-state index in [-0.39, 0.29) is 30.7 Å². The molecule has 0 spiro atoms. The average Bonchev–Trinajstić information content (AvgIpc) is 3.25. The number of nitrogens with one attached hydrogen (secondary N) is 3. The molecule has 32 heavy (non-hydrogen) atoms. The predicted octanol–water partition coefficient (Wildman–Crippen LogP) is 3.14. The fourth-order valence-corrected chi connectivity index (χ4v) is 4.54. The third-order valence-electron chi connectivity index (χ3n) is 6.03. The Balaban J connectivity index is 1.36. The van der Waals surface area contributed by atoms with Crippen LogP contribution in [0.3, 0.4) is 0 Å². The van der Waals surface area contributed by atoms with Crippen LogP contribution in [0, 0.1) is 6.92 Å². The van der Waals surface area contributed by atoms with E-state index in [2.05, 4.69) is 15.6 Å². The number of nitrogens with zero attached hydrogens (tertiary/aromatic N) is 1. The summed E-state index contributed by atoms with van der Waals surface area (Å²) in [7, 11) is 0. The molecule has 1 atom stereocenters. The highest BCUT2D eigenvalue weighted by atomic mass is 35.5. The van der Waals surface area contributed by atoms with E-state index in [1.54, 1.807) is 24.3 Å². The van der Waals surface area contributed by atoms with Crippen LogP contribution in [0.4, 0.5) is 5.69 Å². The highest BCUT2D eigenvalue weighted by molar-refractivity contribution is 6.31. The van der Waals surface area contributed by atoms with Crippen molar-refractivity contribution in [1.29, 1.82) is 0 Å². The number of carbonyl (C=O) groups is 4. The van der Waals surface area contributed by atoms with Gasteiger partial charge in [0.25, 0.3) is 11.8 Å². The molecule has 1 fully saturated rings. The van der Waals surface area contributed by atoms with Gasteiger partial charge in [-0.3, -0.25) is 24.5 Å². The molecule has 2 aliphatic rings. The molecule has 2 aromatic carbocycles. The minimum Gasteiger partial charge on any atom is -0.350 e. The fourth-order valence-electron chi connectivity index (χ4n) is 4.37. The smallest absolute Gasteiger partial charge is 0.272 e. The van der Waals surface area contributed by atoms with Gasteiger partial charge in [-0.2, -0.15) is 0 Å². The number of aryl methyl sites for hydroxylation is 1. The Labute approximate surface area is 187 Å². The Morgan fingerprint density at radius 3 is 2.75 bits per heavy atom. The molecule has 0 aliphatic carbocycles. The second-order valence-electron chi connectivity index (χ2n) is 8.04. The average molecular weight is 451 g/mol. The SMILES string of the molecule is Cc1c(C(=O)Nc2ccc3c(c2)CN(C2CCC(=O)NC2=O)C3=O)[nH]c2ccc(Cl)cc12. The third-order valence-corrected chi connectivity index (χ3v) is 6.26. The molecule has 8 nitrogen and oxygen atoms in total. The van der Waals surface area contributed by atoms with Gasteiger partial charge in [0, 0.05) is 40.1 Å². The van der Waals surface area contributed by atoms with Crippen LogP contribution < -0.4 is 10.6 Å². The van der Waals surface area contributed by atoms with Crippen LogP contribution in [-0.2, 0) is 16.1 Å². The largest absolute Gasteiger partial charge is 0.350 e. The van der Waals surface area contributed by atoms with Crippen LogP contribution in [-0.4, -0.2) is 39.6 Å². The Morgan fingerprint density at radius 2 is 1.97 bits per heavy atom. The van der Waals surface area contributed by atoms with Gasteiger partial charge in [-0.05, 0) is 60.9 Å². The molecule has 0 radical (unpaired) electrons. The molecule has 0 saturated carbocycles. The number of carbonyl (C=O) groups excluding carboxylic acids is 4. The number of halogens is 1. The Hall–Kier alpha value is -3.65. The molecule has 9 heteroatoms. The summed E-state index contributed by atoms with van der Waals surface area (Å²) in [4.78, 5) is 53.9. The number of anilines is 1. The lowest BCUT2D eigenvalue weighted by molar-refractivity contribution is -0.136. The van der Waals surface area contributed by atoms with E-state index >= 15 is 0 Å². The van der Waals surface area contributed by atoms with Gasteiger partial charge in [-0.15, -0.1) is 0 Å². The zero-order valence-electron chi connectivity index (χ0n) is 17.1. The maximum atomic E-state index is 12.9. The molecule has 5 rings (SSSR count). The number of rotatable bonds is 3. The minimum atomic E-state index is -0.675. The van der Waals surface area contributed by atoms with E-state index in [9.17, 15) is 19.2 Å². The lowest BCUT2D eigenvalue weighted by Gasteiger charge is -2.29. The van der Waals surface area contributed by atoms with Crippen molar-refractivity contribution in [2.24, 2.45) is 0 Å². The van der Waals surface area contributed by atoms with Crippen molar-refractivity contribution in [2.75, 3.05) is 5.32 Å². The van der Waals surface area contributed by atoms with Crippen LogP contribution in [0.1, 0.15) is 44.8 Å². The van der Waals surface area contributed by atoms with E-state index in [1.165, 1.54) is 4.90 Å². The van der Waals surface area contributed by atoms with Gasteiger partial charge in [0.05, 0.1) is 0 Å². The van der Waals surface area contributed by atoms with E-state index in [4.69, 9.17) is 11.6 Å². The number of H-pyrrole nitrogens is 1. The number of aromatic amines is 1. The molecule has 4 amide bonds. The lowest BCUT2D eigenvalue weighted by atomic mass is 10.0. The number of hydrogen-bond donors (Lipinski definition) is 3. The highest BCUT2D eigenvalue weighted by Gasteiger charge is 2.39. The van der Waals surface area contributed by atoms with Gasteiger partial charge >= 0.3 is 0 Å². The third kappa shape index (κ3) is 3.33. The summed E-state index contributed by atoms with van der Waals surface area (Å²) >= 11 is 6.07.